The zero-order valence-electron chi connectivity index (χ0n) is 52.3. The number of anilines is 6. The second kappa shape index (κ2) is 21.5. The summed E-state index contributed by atoms with van der Waals surface area (Å²) in [6.07, 6.45) is 0. The molecule has 3 aromatic heterocycles. The summed E-state index contributed by atoms with van der Waals surface area (Å²) in [4.78, 5) is 5.29. The lowest BCUT2D eigenvalue weighted by molar-refractivity contribution is 1.16. The Labute approximate surface area is 556 Å². The largest absolute Gasteiger partial charge is 0.311 e. The van der Waals surface area contributed by atoms with E-state index in [-0.39, 0.29) is 6.71 Å². The van der Waals surface area contributed by atoms with Gasteiger partial charge in [0, 0.05) is 77.6 Å². The Morgan fingerprint density at radius 3 is 0.885 bits per heavy atom. The summed E-state index contributed by atoms with van der Waals surface area (Å²) >= 11 is 0. The Hall–Kier alpha value is -12.6. The van der Waals surface area contributed by atoms with Crippen molar-refractivity contribution >= 4 is 123 Å². The third-order valence-electron chi connectivity index (χ3n) is 20.4. The van der Waals surface area contributed by atoms with Crippen LogP contribution >= 0.6 is 0 Å². The highest BCUT2D eigenvalue weighted by atomic mass is 15.2. The van der Waals surface area contributed by atoms with E-state index in [4.69, 9.17) is 0 Å². The third kappa shape index (κ3) is 8.19. The van der Waals surface area contributed by atoms with E-state index in [1.807, 2.05) is 0 Å². The van der Waals surface area contributed by atoms with E-state index in [1.165, 1.54) is 71.0 Å². The molecule has 2 aliphatic heterocycles. The van der Waals surface area contributed by atoms with Crippen LogP contribution in [-0.4, -0.2) is 20.4 Å². The van der Waals surface area contributed by atoms with Gasteiger partial charge in [-0.1, -0.05) is 255 Å². The lowest BCUT2D eigenvalue weighted by atomic mass is 9.33. The van der Waals surface area contributed by atoms with E-state index in [0.717, 1.165) is 107 Å². The molecule has 0 unspecified atom stereocenters. The van der Waals surface area contributed by atoms with Crippen molar-refractivity contribution in [2.24, 2.45) is 0 Å². The van der Waals surface area contributed by atoms with Gasteiger partial charge in [-0.2, -0.15) is 0 Å². The van der Waals surface area contributed by atoms with Crippen LogP contribution in [0.25, 0.3) is 127 Å². The van der Waals surface area contributed by atoms with Crippen molar-refractivity contribution < 1.29 is 0 Å². The summed E-state index contributed by atoms with van der Waals surface area (Å²) in [6, 6.07) is 131. The molecule has 446 valence electrons. The summed E-state index contributed by atoms with van der Waals surface area (Å²) < 4.78 is 7.50. The normalized spacial score (nSPS) is 12.5. The molecular formula is C90H58BN5. The fourth-order valence-corrected chi connectivity index (χ4v) is 16.2. The Morgan fingerprint density at radius 1 is 0.188 bits per heavy atom. The quantitative estimate of drug-likeness (QED) is 0.134. The second-order valence-corrected chi connectivity index (χ2v) is 25.5. The molecule has 18 aromatic rings. The summed E-state index contributed by atoms with van der Waals surface area (Å²) in [7, 11) is 0. The first kappa shape index (κ1) is 54.0. The molecule has 0 saturated heterocycles. The SMILES string of the molecule is c1ccc(-c2ccc(-c3ccccc3N3c4cc5c6ccccc6n(-c6ccccc6)c5cc4B4c5cc6c(cc5N(c5ccccc5-c5ccc(-c7ccccc7)cc5)c5cc(-n7c8ccccc8c8ccccc87)cc3c54)c3ccccc3n6-c3ccccc3)cc2)cc1. The zero-order chi connectivity index (χ0) is 63.0. The Bertz CT molecular complexity index is 5760. The van der Waals surface area contributed by atoms with Crippen LogP contribution in [0.4, 0.5) is 34.1 Å². The molecule has 0 N–H and O–H groups in total. The van der Waals surface area contributed by atoms with Crippen molar-refractivity contribution in [3.05, 3.63) is 352 Å². The van der Waals surface area contributed by atoms with Gasteiger partial charge in [0.05, 0.1) is 50.2 Å². The van der Waals surface area contributed by atoms with Gasteiger partial charge in [0.25, 0.3) is 6.71 Å². The maximum Gasteiger partial charge on any atom is 0.252 e. The minimum absolute atomic E-state index is 0.271. The molecular weight excluding hydrogens is 1160 g/mol. The summed E-state index contributed by atoms with van der Waals surface area (Å²) in [5.41, 5.74) is 29.9. The van der Waals surface area contributed by atoms with Crippen molar-refractivity contribution in [2.75, 3.05) is 9.80 Å². The first-order valence-electron chi connectivity index (χ1n) is 33.2. The van der Waals surface area contributed by atoms with Crippen molar-refractivity contribution in [2.45, 2.75) is 0 Å². The Balaban J connectivity index is 0.953. The van der Waals surface area contributed by atoms with E-state index in [2.05, 4.69) is 375 Å². The summed E-state index contributed by atoms with van der Waals surface area (Å²) in [5, 5.41) is 7.21. The molecule has 0 aliphatic carbocycles. The van der Waals surface area contributed by atoms with Crippen LogP contribution in [0, 0.1) is 0 Å². The number of hydrogen-bond donors (Lipinski definition) is 0. The first-order valence-corrected chi connectivity index (χ1v) is 33.2. The van der Waals surface area contributed by atoms with Crippen LogP contribution in [0.3, 0.4) is 0 Å². The molecule has 0 amide bonds. The van der Waals surface area contributed by atoms with Gasteiger partial charge in [-0.15, -0.1) is 0 Å². The molecule has 0 radical (unpaired) electrons. The van der Waals surface area contributed by atoms with Crippen molar-refractivity contribution in [1.82, 2.24) is 13.7 Å². The minimum atomic E-state index is -0.271. The molecule has 0 fully saturated rings. The second-order valence-electron chi connectivity index (χ2n) is 25.5. The first-order chi connectivity index (χ1) is 47.7. The Morgan fingerprint density at radius 2 is 0.490 bits per heavy atom. The third-order valence-corrected chi connectivity index (χ3v) is 20.4. The smallest absolute Gasteiger partial charge is 0.252 e. The number of para-hydroxylation sites is 8. The van der Waals surface area contributed by atoms with Crippen LogP contribution in [0.5, 0.6) is 0 Å². The highest BCUT2D eigenvalue weighted by molar-refractivity contribution is 7.00. The van der Waals surface area contributed by atoms with Gasteiger partial charge in [-0.25, -0.2) is 0 Å². The average Bonchev–Trinajstić information content (AvgIpc) is 1.12. The van der Waals surface area contributed by atoms with E-state index >= 15 is 0 Å². The van der Waals surface area contributed by atoms with Gasteiger partial charge in [0.2, 0.25) is 0 Å². The zero-order valence-corrected chi connectivity index (χ0v) is 52.3. The highest BCUT2D eigenvalue weighted by Gasteiger charge is 2.46. The summed E-state index contributed by atoms with van der Waals surface area (Å²) in [6.45, 7) is -0.271. The van der Waals surface area contributed by atoms with Gasteiger partial charge in [0.1, 0.15) is 0 Å². The molecule has 2 aliphatic rings. The molecule has 0 atom stereocenters. The molecule has 0 bridgehead atoms. The predicted octanol–water partition coefficient (Wildman–Crippen LogP) is 21.7. The molecule has 5 heterocycles. The van der Waals surface area contributed by atoms with Gasteiger partial charge in [-0.3, -0.25) is 0 Å². The number of nitrogens with zero attached hydrogens (tertiary/aromatic N) is 5. The lowest BCUT2D eigenvalue weighted by Crippen LogP contribution is -2.61. The van der Waals surface area contributed by atoms with Crippen LogP contribution in [0.15, 0.2) is 352 Å². The monoisotopic (exact) mass is 1220 g/mol. The maximum atomic E-state index is 2.65. The van der Waals surface area contributed by atoms with Gasteiger partial charge in [0.15, 0.2) is 0 Å². The molecule has 0 spiro atoms. The molecule has 96 heavy (non-hydrogen) atoms. The molecule has 20 rings (SSSR count). The van der Waals surface area contributed by atoms with Crippen LogP contribution in [0.2, 0.25) is 0 Å². The Kier molecular flexibility index (Phi) is 12.1. The van der Waals surface area contributed by atoms with Gasteiger partial charge < -0.3 is 23.5 Å². The van der Waals surface area contributed by atoms with E-state index < -0.39 is 0 Å². The number of hydrogen-bond acceptors (Lipinski definition) is 2. The van der Waals surface area contributed by atoms with Gasteiger partial charge >= 0.3 is 0 Å². The van der Waals surface area contributed by atoms with Crippen LogP contribution in [-0.2, 0) is 0 Å². The standard InChI is InChI=1S/C90H58BN5/c1-5-25-59(26-6-1)61-45-49-63(50-46-61)68-33-13-19-39-78(68)95-86-55-74-72-37-17-23-43-82(72)92(65-29-9-3-10-30-65)84(74)57-76(86)91-77-58-85-75(73-38-18-24-44-83(73)93(85)66-31-11-4-12-32-66)56-87(77)96(79-40-20-14-34-69(79)64-51-47-62(48-52-64)60-27-7-2-8-28-60)89-54-67(53-88(95)90(89)91)94-80-41-21-15-35-70(80)71-36-16-22-42-81(71)94/h1-58H. The average molecular weight is 1220 g/mol. The number of benzene rings is 15. The predicted molar refractivity (Wildman–Crippen MR) is 405 cm³/mol. The molecule has 6 heteroatoms. The van der Waals surface area contributed by atoms with Gasteiger partial charge in [-0.05, 0) is 147 Å². The van der Waals surface area contributed by atoms with Crippen molar-refractivity contribution in [1.29, 1.82) is 0 Å². The molecule has 0 saturated carbocycles. The van der Waals surface area contributed by atoms with Crippen LogP contribution in [0.1, 0.15) is 0 Å². The number of rotatable bonds is 9. The van der Waals surface area contributed by atoms with E-state index in [1.54, 1.807) is 0 Å². The lowest BCUT2D eigenvalue weighted by Gasteiger charge is -2.45. The van der Waals surface area contributed by atoms with E-state index in [9.17, 15) is 0 Å². The number of fused-ring (bicyclic) bond motifs is 13. The number of aromatic nitrogens is 3. The fourth-order valence-electron chi connectivity index (χ4n) is 16.2. The van der Waals surface area contributed by atoms with Crippen LogP contribution < -0.4 is 26.2 Å². The minimum Gasteiger partial charge on any atom is -0.311 e. The highest BCUT2D eigenvalue weighted by Crippen LogP contribution is 2.52. The maximum absolute atomic E-state index is 2.65. The molecule has 5 nitrogen and oxygen atoms in total. The van der Waals surface area contributed by atoms with Crippen molar-refractivity contribution in [3.63, 3.8) is 0 Å². The fraction of sp³-hybridized carbons (Fsp3) is 0. The van der Waals surface area contributed by atoms with Crippen molar-refractivity contribution in [3.8, 4) is 61.6 Å². The summed E-state index contributed by atoms with van der Waals surface area (Å²) in [5.74, 6) is 0. The topological polar surface area (TPSA) is 21.3 Å². The van der Waals surface area contributed by atoms with E-state index in [0.29, 0.717) is 0 Å². The molecule has 15 aromatic carbocycles.